The van der Waals surface area contributed by atoms with E-state index in [9.17, 15) is 0 Å². The van der Waals surface area contributed by atoms with Gasteiger partial charge in [0.25, 0.3) is 0 Å². The van der Waals surface area contributed by atoms with E-state index < -0.39 is 0 Å². The first-order chi connectivity index (χ1) is 8.45. The van der Waals surface area contributed by atoms with Crippen molar-refractivity contribution in [3.05, 3.63) is 16.1 Å². The zero-order valence-corrected chi connectivity index (χ0v) is 12.8. The molecule has 0 aliphatic carbocycles. The highest BCUT2D eigenvalue weighted by molar-refractivity contribution is 7.11. The number of aromatic nitrogens is 1. The molecule has 0 bridgehead atoms. The summed E-state index contributed by atoms with van der Waals surface area (Å²) >= 11 is 1.82. The van der Waals surface area contributed by atoms with Gasteiger partial charge >= 0.3 is 0 Å². The molecule has 102 valence electrons. The number of nitrogens with zero attached hydrogens (tertiary/aromatic N) is 2. The molecule has 1 atom stereocenters. The number of thiazole rings is 1. The van der Waals surface area contributed by atoms with Gasteiger partial charge in [0.1, 0.15) is 5.01 Å². The van der Waals surface area contributed by atoms with Gasteiger partial charge in [0.05, 0.1) is 6.54 Å². The molecule has 1 aromatic rings. The first-order valence-electron chi connectivity index (χ1n) is 6.82. The second kappa shape index (κ2) is 5.68. The van der Waals surface area contributed by atoms with E-state index in [2.05, 4.69) is 42.9 Å². The molecular formula is C14H25N3S. The van der Waals surface area contributed by atoms with Crippen LogP contribution in [0.3, 0.4) is 0 Å². The SMILES string of the molecule is Cc1cnc(CN2CCCNC(C(C)(C)C)C2)s1. The summed E-state index contributed by atoms with van der Waals surface area (Å²) in [7, 11) is 0. The van der Waals surface area contributed by atoms with Gasteiger partial charge < -0.3 is 5.32 Å². The molecule has 1 aliphatic heterocycles. The van der Waals surface area contributed by atoms with Gasteiger partial charge in [-0.15, -0.1) is 11.3 Å². The lowest BCUT2D eigenvalue weighted by Gasteiger charge is -2.33. The average Bonchev–Trinajstić information content (AvgIpc) is 2.53. The summed E-state index contributed by atoms with van der Waals surface area (Å²) in [6.45, 7) is 13.5. The zero-order chi connectivity index (χ0) is 13.2. The van der Waals surface area contributed by atoms with E-state index in [1.807, 2.05) is 17.5 Å². The van der Waals surface area contributed by atoms with Crippen molar-refractivity contribution in [3.63, 3.8) is 0 Å². The topological polar surface area (TPSA) is 28.2 Å². The summed E-state index contributed by atoms with van der Waals surface area (Å²) < 4.78 is 0. The number of rotatable bonds is 2. The molecule has 1 N–H and O–H groups in total. The van der Waals surface area contributed by atoms with Gasteiger partial charge in [-0.2, -0.15) is 0 Å². The molecular weight excluding hydrogens is 242 g/mol. The number of hydrogen-bond donors (Lipinski definition) is 1. The minimum absolute atomic E-state index is 0.321. The first-order valence-corrected chi connectivity index (χ1v) is 7.64. The Morgan fingerprint density at radius 3 is 2.89 bits per heavy atom. The lowest BCUT2D eigenvalue weighted by atomic mass is 9.86. The van der Waals surface area contributed by atoms with Crippen molar-refractivity contribution in [3.8, 4) is 0 Å². The molecule has 0 saturated carbocycles. The highest BCUT2D eigenvalue weighted by Gasteiger charge is 2.28. The highest BCUT2D eigenvalue weighted by atomic mass is 32.1. The minimum atomic E-state index is 0.321. The van der Waals surface area contributed by atoms with E-state index in [0.29, 0.717) is 11.5 Å². The van der Waals surface area contributed by atoms with Crippen LogP contribution in [0.25, 0.3) is 0 Å². The average molecular weight is 267 g/mol. The lowest BCUT2D eigenvalue weighted by Crippen LogP contribution is -2.46. The monoisotopic (exact) mass is 267 g/mol. The Labute approximate surface area is 115 Å². The standard InChI is InChI=1S/C14H25N3S/c1-11-8-16-13(18-11)10-17-7-5-6-15-12(9-17)14(2,3)4/h8,12,15H,5-7,9-10H2,1-4H3. The molecule has 1 saturated heterocycles. The molecule has 0 spiro atoms. The highest BCUT2D eigenvalue weighted by Crippen LogP contribution is 2.23. The predicted octanol–water partition coefficient (Wildman–Crippen LogP) is 2.66. The Hall–Kier alpha value is -0.450. The van der Waals surface area contributed by atoms with Crippen molar-refractivity contribution >= 4 is 11.3 Å². The molecule has 18 heavy (non-hydrogen) atoms. The van der Waals surface area contributed by atoms with E-state index in [1.165, 1.54) is 22.9 Å². The molecule has 2 heterocycles. The van der Waals surface area contributed by atoms with E-state index in [1.54, 1.807) is 0 Å². The summed E-state index contributed by atoms with van der Waals surface area (Å²) in [5.41, 5.74) is 0.321. The maximum atomic E-state index is 4.48. The number of hydrogen-bond acceptors (Lipinski definition) is 4. The van der Waals surface area contributed by atoms with Crippen LogP contribution in [0.1, 0.15) is 37.1 Å². The molecule has 3 nitrogen and oxygen atoms in total. The van der Waals surface area contributed by atoms with Gasteiger partial charge in [-0.3, -0.25) is 4.90 Å². The van der Waals surface area contributed by atoms with E-state index >= 15 is 0 Å². The Bertz CT molecular complexity index is 381. The number of aryl methyl sites for hydroxylation is 1. The summed E-state index contributed by atoms with van der Waals surface area (Å²) in [6, 6.07) is 0.570. The van der Waals surface area contributed by atoms with Crippen LogP contribution in [0.15, 0.2) is 6.20 Å². The molecule has 1 aliphatic rings. The second-order valence-electron chi connectivity index (χ2n) is 6.33. The summed E-state index contributed by atoms with van der Waals surface area (Å²) in [4.78, 5) is 8.34. The molecule has 1 aromatic heterocycles. The summed E-state index contributed by atoms with van der Waals surface area (Å²) in [5.74, 6) is 0. The van der Waals surface area contributed by atoms with Crippen LogP contribution >= 0.6 is 11.3 Å². The van der Waals surface area contributed by atoms with Gasteiger partial charge in [0.2, 0.25) is 0 Å². The third-order valence-electron chi connectivity index (χ3n) is 3.56. The van der Waals surface area contributed by atoms with Crippen LogP contribution in [0.5, 0.6) is 0 Å². The van der Waals surface area contributed by atoms with Gasteiger partial charge in [-0.25, -0.2) is 4.98 Å². The Morgan fingerprint density at radius 2 is 2.28 bits per heavy atom. The molecule has 1 fully saturated rings. The second-order valence-corrected chi connectivity index (χ2v) is 7.65. The molecule has 0 radical (unpaired) electrons. The van der Waals surface area contributed by atoms with E-state index in [0.717, 1.165) is 19.6 Å². The molecule has 1 unspecified atom stereocenters. The van der Waals surface area contributed by atoms with Crippen LogP contribution in [0.2, 0.25) is 0 Å². The zero-order valence-electron chi connectivity index (χ0n) is 12.0. The first kappa shape index (κ1) is 14.0. The maximum Gasteiger partial charge on any atom is 0.107 e. The summed E-state index contributed by atoms with van der Waals surface area (Å²) in [5, 5.41) is 4.94. The van der Waals surface area contributed by atoms with E-state index in [4.69, 9.17) is 0 Å². The molecule has 0 amide bonds. The Kier molecular flexibility index (Phi) is 4.41. The third kappa shape index (κ3) is 3.77. The molecule has 0 aromatic carbocycles. The number of nitrogens with one attached hydrogen (secondary N) is 1. The van der Waals surface area contributed by atoms with Gasteiger partial charge in [-0.05, 0) is 31.8 Å². The molecule has 4 heteroatoms. The van der Waals surface area contributed by atoms with Crippen LogP contribution in [0.4, 0.5) is 0 Å². The van der Waals surface area contributed by atoms with Crippen molar-refractivity contribution in [2.75, 3.05) is 19.6 Å². The third-order valence-corrected chi connectivity index (χ3v) is 4.45. The predicted molar refractivity (Wildman–Crippen MR) is 78.0 cm³/mol. The van der Waals surface area contributed by atoms with Gasteiger partial charge in [0, 0.05) is 23.7 Å². The van der Waals surface area contributed by atoms with E-state index in [-0.39, 0.29) is 0 Å². The van der Waals surface area contributed by atoms with Crippen molar-refractivity contribution in [2.24, 2.45) is 5.41 Å². The van der Waals surface area contributed by atoms with Crippen molar-refractivity contribution in [1.29, 1.82) is 0 Å². The fourth-order valence-electron chi connectivity index (χ4n) is 2.38. The quantitative estimate of drug-likeness (QED) is 0.893. The van der Waals surface area contributed by atoms with Gasteiger partial charge in [0.15, 0.2) is 0 Å². The minimum Gasteiger partial charge on any atom is -0.312 e. The lowest BCUT2D eigenvalue weighted by molar-refractivity contribution is 0.192. The molecule has 2 rings (SSSR count). The van der Waals surface area contributed by atoms with Gasteiger partial charge in [-0.1, -0.05) is 20.8 Å². The van der Waals surface area contributed by atoms with Crippen LogP contribution in [-0.4, -0.2) is 35.6 Å². The normalized spacial score (nSPS) is 23.0. The van der Waals surface area contributed by atoms with Crippen LogP contribution in [0, 0.1) is 12.3 Å². The smallest absolute Gasteiger partial charge is 0.107 e. The van der Waals surface area contributed by atoms with Crippen molar-refractivity contribution < 1.29 is 0 Å². The van der Waals surface area contributed by atoms with Crippen LogP contribution in [-0.2, 0) is 6.54 Å². The van der Waals surface area contributed by atoms with Crippen molar-refractivity contribution in [1.82, 2.24) is 15.2 Å². The fraction of sp³-hybridized carbons (Fsp3) is 0.786. The van der Waals surface area contributed by atoms with Crippen LogP contribution < -0.4 is 5.32 Å². The fourth-order valence-corrected chi connectivity index (χ4v) is 3.21. The maximum absolute atomic E-state index is 4.48. The largest absolute Gasteiger partial charge is 0.312 e. The Balaban J connectivity index is 1.99. The Morgan fingerprint density at radius 1 is 1.50 bits per heavy atom. The summed E-state index contributed by atoms with van der Waals surface area (Å²) in [6.07, 6.45) is 3.22. The van der Waals surface area contributed by atoms with Crippen molar-refractivity contribution in [2.45, 2.75) is 46.7 Å².